The van der Waals surface area contributed by atoms with Gasteiger partial charge in [0.2, 0.25) is 0 Å². The highest BCUT2D eigenvalue weighted by Crippen LogP contribution is 2.06. The van der Waals surface area contributed by atoms with Gasteiger partial charge in [-0.15, -0.1) is 0 Å². The Morgan fingerprint density at radius 1 is 1.40 bits per heavy atom. The predicted molar refractivity (Wildman–Crippen MR) is 44.2 cm³/mol. The van der Waals surface area contributed by atoms with Crippen LogP contribution in [0.5, 0.6) is 0 Å². The van der Waals surface area contributed by atoms with E-state index in [1.54, 1.807) is 0 Å². The van der Waals surface area contributed by atoms with Crippen LogP contribution in [-0.2, 0) is 0 Å². The van der Waals surface area contributed by atoms with Gasteiger partial charge in [0, 0.05) is 12.6 Å². The van der Waals surface area contributed by atoms with Gasteiger partial charge in [-0.05, 0) is 33.5 Å². The zero-order valence-corrected chi connectivity index (χ0v) is 7.06. The summed E-state index contributed by atoms with van der Waals surface area (Å²) in [7, 11) is 4.27. The summed E-state index contributed by atoms with van der Waals surface area (Å²) in [5.74, 6) is 0. The Morgan fingerprint density at radius 2 is 2.20 bits per heavy atom. The predicted octanol–water partition coefficient (Wildman–Crippen LogP) is 0.690. The molecule has 0 aromatic carbocycles. The first-order valence-corrected chi connectivity index (χ1v) is 4.17. The number of piperidine rings is 1. The molecule has 0 aromatic heterocycles. The maximum atomic E-state index is 3.51. The first-order valence-electron chi connectivity index (χ1n) is 4.17. The lowest BCUT2D eigenvalue weighted by Crippen LogP contribution is -2.41. The van der Waals surface area contributed by atoms with Crippen LogP contribution in [0.15, 0.2) is 0 Å². The second kappa shape index (κ2) is 3.94. The van der Waals surface area contributed by atoms with Crippen LogP contribution in [0.4, 0.5) is 0 Å². The standard InChI is InChI=1S/C8H18N2/c1-10(2)7-8-5-3-4-6-9-8/h8-9H,3-7H2,1-2H3/t8-/m1/s1. The van der Waals surface area contributed by atoms with Crippen molar-refractivity contribution in [1.29, 1.82) is 0 Å². The average Bonchev–Trinajstić information content (AvgIpc) is 1.88. The first kappa shape index (κ1) is 8.02. The van der Waals surface area contributed by atoms with Gasteiger partial charge in [0.25, 0.3) is 0 Å². The van der Waals surface area contributed by atoms with E-state index in [4.69, 9.17) is 0 Å². The Morgan fingerprint density at radius 3 is 2.70 bits per heavy atom. The smallest absolute Gasteiger partial charge is 0.0194 e. The third kappa shape index (κ3) is 2.67. The van der Waals surface area contributed by atoms with Crippen molar-refractivity contribution in [3.8, 4) is 0 Å². The van der Waals surface area contributed by atoms with Crippen LogP contribution >= 0.6 is 0 Å². The van der Waals surface area contributed by atoms with Crippen molar-refractivity contribution in [1.82, 2.24) is 10.2 Å². The van der Waals surface area contributed by atoms with Crippen LogP contribution < -0.4 is 5.32 Å². The van der Waals surface area contributed by atoms with Gasteiger partial charge in [0.1, 0.15) is 0 Å². The van der Waals surface area contributed by atoms with E-state index in [2.05, 4.69) is 24.3 Å². The monoisotopic (exact) mass is 142 g/mol. The molecule has 1 N–H and O–H groups in total. The molecule has 1 aliphatic rings. The van der Waals surface area contributed by atoms with Crippen LogP contribution in [0.2, 0.25) is 0 Å². The Balaban J connectivity index is 2.13. The first-order chi connectivity index (χ1) is 4.79. The number of likely N-dealkylation sites (N-methyl/N-ethyl adjacent to an activating group) is 1. The molecule has 2 heteroatoms. The molecule has 10 heavy (non-hydrogen) atoms. The molecule has 0 aliphatic carbocycles. The number of nitrogens with one attached hydrogen (secondary N) is 1. The minimum Gasteiger partial charge on any atom is -0.313 e. The molecule has 1 fully saturated rings. The summed E-state index contributed by atoms with van der Waals surface area (Å²) in [6.45, 7) is 2.42. The van der Waals surface area contributed by atoms with Crippen molar-refractivity contribution in [2.75, 3.05) is 27.2 Å². The molecule has 1 saturated heterocycles. The van der Waals surface area contributed by atoms with Gasteiger partial charge < -0.3 is 10.2 Å². The molecule has 0 unspecified atom stereocenters. The van der Waals surface area contributed by atoms with Gasteiger partial charge in [-0.3, -0.25) is 0 Å². The van der Waals surface area contributed by atoms with E-state index in [0.717, 1.165) is 6.04 Å². The van der Waals surface area contributed by atoms with Crippen molar-refractivity contribution < 1.29 is 0 Å². The summed E-state index contributed by atoms with van der Waals surface area (Å²) in [5.41, 5.74) is 0. The molecule has 1 aliphatic heterocycles. The minimum atomic E-state index is 0.753. The molecule has 60 valence electrons. The molecule has 1 rings (SSSR count). The fourth-order valence-electron chi connectivity index (χ4n) is 1.52. The van der Waals surface area contributed by atoms with Gasteiger partial charge in [0.15, 0.2) is 0 Å². The Labute approximate surface area is 63.6 Å². The van der Waals surface area contributed by atoms with E-state index >= 15 is 0 Å². The van der Waals surface area contributed by atoms with Crippen LogP contribution in [0.3, 0.4) is 0 Å². The summed E-state index contributed by atoms with van der Waals surface area (Å²) in [4.78, 5) is 2.25. The second-order valence-electron chi connectivity index (χ2n) is 3.41. The molecule has 1 atom stereocenters. The quantitative estimate of drug-likeness (QED) is 0.610. The summed E-state index contributed by atoms with van der Waals surface area (Å²) < 4.78 is 0. The largest absolute Gasteiger partial charge is 0.313 e. The third-order valence-corrected chi connectivity index (χ3v) is 2.00. The SMILES string of the molecule is CN(C)C[C@H]1CCCCN1. The molecular weight excluding hydrogens is 124 g/mol. The summed E-state index contributed by atoms with van der Waals surface area (Å²) in [6.07, 6.45) is 4.13. The highest BCUT2D eigenvalue weighted by Gasteiger charge is 2.11. The van der Waals surface area contributed by atoms with Crippen molar-refractivity contribution in [3.05, 3.63) is 0 Å². The number of hydrogen-bond acceptors (Lipinski definition) is 2. The maximum Gasteiger partial charge on any atom is 0.0194 e. The van der Waals surface area contributed by atoms with Gasteiger partial charge >= 0.3 is 0 Å². The lowest BCUT2D eigenvalue weighted by Gasteiger charge is -2.25. The molecular formula is C8H18N2. The van der Waals surface area contributed by atoms with Crippen molar-refractivity contribution in [2.45, 2.75) is 25.3 Å². The van der Waals surface area contributed by atoms with E-state index in [9.17, 15) is 0 Å². The van der Waals surface area contributed by atoms with Gasteiger partial charge in [-0.1, -0.05) is 6.42 Å². The zero-order valence-electron chi connectivity index (χ0n) is 7.06. The zero-order chi connectivity index (χ0) is 7.40. The lowest BCUT2D eigenvalue weighted by atomic mass is 10.1. The lowest BCUT2D eigenvalue weighted by molar-refractivity contribution is 0.298. The molecule has 2 nitrogen and oxygen atoms in total. The fraction of sp³-hybridized carbons (Fsp3) is 1.00. The molecule has 0 spiro atoms. The minimum absolute atomic E-state index is 0.753. The Hall–Kier alpha value is -0.0800. The van der Waals surface area contributed by atoms with Gasteiger partial charge in [-0.25, -0.2) is 0 Å². The molecule has 0 radical (unpaired) electrons. The summed E-state index contributed by atoms with van der Waals surface area (Å²) >= 11 is 0. The van der Waals surface area contributed by atoms with Gasteiger partial charge in [-0.2, -0.15) is 0 Å². The van der Waals surface area contributed by atoms with Crippen LogP contribution in [0.1, 0.15) is 19.3 Å². The fourth-order valence-corrected chi connectivity index (χ4v) is 1.52. The Bertz CT molecular complexity index is 85.3. The van der Waals surface area contributed by atoms with E-state index in [-0.39, 0.29) is 0 Å². The molecule has 1 heterocycles. The van der Waals surface area contributed by atoms with Crippen molar-refractivity contribution >= 4 is 0 Å². The number of rotatable bonds is 2. The maximum absolute atomic E-state index is 3.51. The highest BCUT2D eigenvalue weighted by molar-refractivity contribution is 4.73. The normalized spacial score (nSPS) is 27.3. The van der Waals surface area contributed by atoms with Crippen molar-refractivity contribution in [2.24, 2.45) is 0 Å². The number of nitrogens with zero attached hydrogens (tertiary/aromatic N) is 1. The third-order valence-electron chi connectivity index (χ3n) is 2.00. The summed E-state index contributed by atoms with van der Waals surface area (Å²) in [5, 5.41) is 3.51. The second-order valence-corrected chi connectivity index (χ2v) is 3.41. The molecule has 0 bridgehead atoms. The van der Waals surface area contributed by atoms with Crippen LogP contribution in [0, 0.1) is 0 Å². The average molecular weight is 142 g/mol. The van der Waals surface area contributed by atoms with E-state index in [1.165, 1.54) is 32.4 Å². The van der Waals surface area contributed by atoms with Crippen LogP contribution in [0.25, 0.3) is 0 Å². The molecule has 0 amide bonds. The highest BCUT2D eigenvalue weighted by atomic mass is 15.1. The van der Waals surface area contributed by atoms with Crippen molar-refractivity contribution in [3.63, 3.8) is 0 Å². The van der Waals surface area contributed by atoms with E-state index < -0.39 is 0 Å². The molecule has 0 saturated carbocycles. The Kier molecular flexibility index (Phi) is 3.16. The van der Waals surface area contributed by atoms with Crippen LogP contribution in [-0.4, -0.2) is 38.1 Å². The topological polar surface area (TPSA) is 15.3 Å². The van der Waals surface area contributed by atoms with E-state index in [1.807, 2.05) is 0 Å². The molecule has 0 aromatic rings. The van der Waals surface area contributed by atoms with E-state index in [0.29, 0.717) is 0 Å². The number of hydrogen-bond donors (Lipinski definition) is 1. The van der Waals surface area contributed by atoms with Gasteiger partial charge in [0.05, 0.1) is 0 Å². The summed E-state index contributed by atoms with van der Waals surface area (Å²) in [6, 6.07) is 0.753.